The van der Waals surface area contributed by atoms with Crippen molar-refractivity contribution in [1.29, 1.82) is 0 Å². The van der Waals surface area contributed by atoms with Crippen LogP contribution in [-0.2, 0) is 0 Å². The number of carbonyl (C=O) groups is 2. The third-order valence-electron chi connectivity index (χ3n) is 2.60. The fourth-order valence-electron chi connectivity index (χ4n) is 1.56. The van der Waals surface area contributed by atoms with Gasteiger partial charge in [-0.3, -0.25) is 4.79 Å². The lowest BCUT2D eigenvalue weighted by molar-refractivity contribution is 0.0691. The zero-order valence-electron chi connectivity index (χ0n) is 10.8. The van der Waals surface area contributed by atoms with Crippen molar-refractivity contribution in [2.24, 2.45) is 0 Å². The molecular formula is C13H12N2O4S. The molecular weight excluding hydrogens is 280 g/mol. The second-order valence-electron chi connectivity index (χ2n) is 3.98. The summed E-state index contributed by atoms with van der Waals surface area (Å²) in [4.78, 5) is 26.4. The molecule has 0 atom stereocenters. The summed E-state index contributed by atoms with van der Waals surface area (Å²) < 4.78 is 5.08. The molecule has 1 aromatic heterocycles. The highest BCUT2D eigenvalue weighted by Gasteiger charge is 2.15. The van der Waals surface area contributed by atoms with Gasteiger partial charge < -0.3 is 15.2 Å². The predicted octanol–water partition coefficient (Wildman–Crippen LogP) is 2.41. The number of aromatic carboxylic acids is 1. The summed E-state index contributed by atoms with van der Waals surface area (Å²) in [5.74, 6) is -0.889. The number of nitrogens with zero attached hydrogens (tertiary/aromatic N) is 1. The van der Waals surface area contributed by atoms with E-state index < -0.39 is 11.9 Å². The predicted molar refractivity (Wildman–Crippen MR) is 74.8 cm³/mol. The molecule has 0 aliphatic carbocycles. The minimum absolute atomic E-state index is 0.109. The molecule has 6 nitrogen and oxygen atoms in total. The molecule has 1 amide bonds. The molecule has 1 aromatic carbocycles. The molecule has 0 spiro atoms. The smallest absolute Gasteiger partial charge is 0.355 e. The maximum Gasteiger partial charge on any atom is 0.355 e. The van der Waals surface area contributed by atoms with Crippen molar-refractivity contribution in [3.05, 3.63) is 39.8 Å². The number of ether oxygens (including phenoxy) is 1. The topological polar surface area (TPSA) is 88.5 Å². The fraction of sp³-hybridized carbons (Fsp3) is 0.154. The summed E-state index contributed by atoms with van der Waals surface area (Å²) in [6.45, 7) is 1.84. The van der Waals surface area contributed by atoms with Gasteiger partial charge in [0, 0.05) is 11.1 Å². The summed E-state index contributed by atoms with van der Waals surface area (Å²) in [7, 11) is 1.57. The van der Waals surface area contributed by atoms with E-state index in [-0.39, 0.29) is 10.7 Å². The van der Waals surface area contributed by atoms with Gasteiger partial charge in [-0.05, 0) is 30.7 Å². The zero-order chi connectivity index (χ0) is 14.7. The average molecular weight is 292 g/mol. The minimum Gasteiger partial charge on any atom is -0.497 e. The number of hydrogen-bond donors (Lipinski definition) is 2. The monoisotopic (exact) mass is 292 g/mol. The summed E-state index contributed by atoms with van der Waals surface area (Å²) in [5, 5.41) is 12.9. The number of methoxy groups -OCH3 is 1. The van der Waals surface area contributed by atoms with Gasteiger partial charge >= 0.3 is 5.97 Å². The SMILES string of the molecule is COc1ccc(NC(=O)c2nc(C(=O)O)cs2)c(C)c1. The van der Waals surface area contributed by atoms with E-state index in [0.29, 0.717) is 11.4 Å². The molecule has 0 radical (unpaired) electrons. The van der Waals surface area contributed by atoms with E-state index in [1.807, 2.05) is 6.92 Å². The van der Waals surface area contributed by atoms with Gasteiger partial charge in [0.15, 0.2) is 10.7 Å². The number of rotatable bonds is 4. The first kappa shape index (κ1) is 14.0. The zero-order valence-corrected chi connectivity index (χ0v) is 11.7. The molecule has 0 bridgehead atoms. The lowest BCUT2D eigenvalue weighted by Gasteiger charge is -2.08. The van der Waals surface area contributed by atoms with E-state index in [4.69, 9.17) is 9.84 Å². The molecule has 7 heteroatoms. The number of anilines is 1. The number of carboxylic acid groups (broad SMARTS) is 1. The first-order valence-corrected chi connectivity index (χ1v) is 6.54. The van der Waals surface area contributed by atoms with Gasteiger partial charge in [0.05, 0.1) is 7.11 Å². The molecule has 0 unspecified atom stereocenters. The van der Waals surface area contributed by atoms with Gasteiger partial charge in [-0.2, -0.15) is 0 Å². The van der Waals surface area contributed by atoms with Crippen LogP contribution >= 0.6 is 11.3 Å². The highest BCUT2D eigenvalue weighted by atomic mass is 32.1. The molecule has 0 saturated carbocycles. The Labute approximate surface area is 119 Å². The normalized spacial score (nSPS) is 10.1. The number of thiazole rings is 1. The number of benzene rings is 1. The standard InChI is InChI=1S/C13H12N2O4S/c1-7-5-8(19-2)3-4-9(7)14-11(16)12-15-10(6-20-12)13(17)18/h3-6H,1-2H3,(H,14,16)(H,17,18). The van der Waals surface area contributed by atoms with Crippen LogP contribution in [0, 0.1) is 6.92 Å². The maximum atomic E-state index is 12.0. The summed E-state index contributed by atoms with van der Waals surface area (Å²) in [6, 6.07) is 5.24. The van der Waals surface area contributed by atoms with Crippen molar-refractivity contribution in [3.63, 3.8) is 0 Å². The summed E-state index contributed by atoms with van der Waals surface area (Å²) in [5.41, 5.74) is 1.34. The Balaban J connectivity index is 2.16. The van der Waals surface area contributed by atoms with Crippen molar-refractivity contribution in [2.45, 2.75) is 6.92 Å². The van der Waals surface area contributed by atoms with Crippen LogP contribution < -0.4 is 10.1 Å². The molecule has 0 aliphatic heterocycles. The van der Waals surface area contributed by atoms with Gasteiger partial charge in [0.1, 0.15) is 5.75 Å². The first-order chi connectivity index (χ1) is 9.51. The van der Waals surface area contributed by atoms with Crippen LogP contribution in [0.5, 0.6) is 5.75 Å². The molecule has 104 valence electrons. The van der Waals surface area contributed by atoms with Crippen molar-refractivity contribution < 1.29 is 19.4 Å². The van der Waals surface area contributed by atoms with Gasteiger partial charge in [-0.15, -0.1) is 11.3 Å². The van der Waals surface area contributed by atoms with E-state index in [1.165, 1.54) is 5.38 Å². The average Bonchev–Trinajstić information content (AvgIpc) is 2.91. The second-order valence-corrected chi connectivity index (χ2v) is 4.84. The molecule has 1 heterocycles. The van der Waals surface area contributed by atoms with Crippen LogP contribution in [0.3, 0.4) is 0 Å². The van der Waals surface area contributed by atoms with Crippen LogP contribution in [0.15, 0.2) is 23.6 Å². The molecule has 2 N–H and O–H groups in total. The fourth-order valence-corrected chi connectivity index (χ4v) is 2.24. The van der Waals surface area contributed by atoms with Crippen LogP contribution in [-0.4, -0.2) is 29.1 Å². The second kappa shape index (κ2) is 5.70. The quantitative estimate of drug-likeness (QED) is 0.903. The van der Waals surface area contributed by atoms with Crippen molar-refractivity contribution in [1.82, 2.24) is 4.98 Å². The molecule has 0 fully saturated rings. The van der Waals surface area contributed by atoms with Crippen LogP contribution in [0.4, 0.5) is 5.69 Å². The first-order valence-electron chi connectivity index (χ1n) is 5.66. The van der Waals surface area contributed by atoms with Crippen LogP contribution in [0.25, 0.3) is 0 Å². The summed E-state index contributed by atoms with van der Waals surface area (Å²) in [6.07, 6.45) is 0. The highest BCUT2D eigenvalue weighted by Crippen LogP contribution is 2.22. The summed E-state index contributed by atoms with van der Waals surface area (Å²) >= 11 is 0.990. The number of carbonyl (C=O) groups excluding carboxylic acids is 1. The number of hydrogen-bond acceptors (Lipinski definition) is 5. The Bertz CT molecular complexity index is 666. The maximum absolute atomic E-state index is 12.0. The van der Waals surface area contributed by atoms with E-state index in [1.54, 1.807) is 25.3 Å². The van der Waals surface area contributed by atoms with Gasteiger partial charge in [0.2, 0.25) is 0 Å². The van der Waals surface area contributed by atoms with Gasteiger partial charge in [0.25, 0.3) is 5.91 Å². The lowest BCUT2D eigenvalue weighted by atomic mass is 10.2. The molecule has 0 aliphatic rings. The number of carboxylic acids is 1. The van der Waals surface area contributed by atoms with Crippen LogP contribution in [0.1, 0.15) is 25.9 Å². The number of aryl methyl sites for hydroxylation is 1. The van der Waals surface area contributed by atoms with E-state index >= 15 is 0 Å². The Morgan fingerprint density at radius 1 is 1.40 bits per heavy atom. The third-order valence-corrected chi connectivity index (χ3v) is 3.44. The Morgan fingerprint density at radius 3 is 2.70 bits per heavy atom. The van der Waals surface area contributed by atoms with Crippen molar-refractivity contribution in [3.8, 4) is 5.75 Å². The van der Waals surface area contributed by atoms with Crippen molar-refractivity contribution >= 4 is 28.9 Å². The highest BCUT2D eigenvalue weighted by molar-refractivity contribution is 7.12. The largest absolute Gasteiger partial charge is 0.497 e. The lowest BCUT2D eigenvalue weighted by Crippen LogP contribution is -2.13. The van der Waals surface area contributed by atoms with Crippen molar-refractivity contribution in [2.75, 3.05) is 12.4 Å². The molecule has 20 heavy (non-hydrogen) atoms. The van der Waals surface area contributed by atoms with E-state index in [9.17, 15) is 9.59 Å². The number of nitrogens with one attached hydrogen (secondary N) is 1. The molecule has 2 aromatic rings. The Morgan fingerprint density at radius 2 is 2.15 bits per heavy atom. The number of amides is 1. The Kier molecular flexibility index (Phi) is 3.99. The number of aromatic nitrogens is 1. The third kappa shape index (κ3) is 2.94. The van der Waals surface area contributed by atoms with Crippen LogP contribution in [0.2, 0.25) is 0 Å². The molecule has 2 rings (SSSR count). The van der Waals surface area contributed by atoms with Gasteiger partial charge in [-0.25, -0.2) is 9.78 Å². The van der Waals surface area contributed by atoms with Gasteiger partial charge in [-0.1, -0.05) is 0 Å². The molecule has 0 saturated heterocycles. The van der Waals surface area contributed by atoms with E-state index in [0.717, 1.165) is 16.9 Å². The van der Waals surface area contributed by atoms with E-state index in [2.05, 4.69) is 10.3 Å². The minimum atomic E-state index is -1.15. The Hall–Kier alpha value is -2.41.